The van der Waals surface area contributed by atoms with Crippen molar-refractivity contribution in [1.29, 1.82) is 0 Å². The van der Waals surface area contributed by atoms with Gasteiger partial charge in [-0.3, -0.25) is 0 Å². The molecule has 2 unspecified atom stereocenters. The topological polar surface area (TPSA) is 27.7 Å². The SMILES string of the molecule is CCCCCCCCC(C(C)C(F)(F)F)C(OC)(OC)OC. The largest absolute Gasteiger partial charge is 0.392 e. The van der Waals surface area contributed by atoms with Gasteiger partial charge < -0.3 is 14.2 Å². The van der Waals surface area contributed by atoms with Gasteiger partial charge >= 0.3 is 6.18 Å². The summed E-state index contributed by atoms with van der Waals surface area (Å²) in [6, 6.07) is 0. The number of methoxy groups -OCH3 is 3. The molecule has 0 saturated heterocycles. The van der Waals surface area contributed by atoms with E-state index in [0.29, 0.717) is 12.8 Å². The summed E-state index contributed by atoms with van der Waals surface area (Å²) in [4.78, 5) is 0. The molecule has 0 N–H and O–H groups in total. The standard InChI is InChI=1S/C16H31F3O3/c1-6-7-8-9-10-11-12-14(13(2)15(17,18)19)16(20-3,21-4)22-5/h13-14H,6-12H2,1-5H3. The predicted molar refractivity (Wildman–Crippen MR) is 80.5 cm³/mol. The molecule has 0 bridgehead atoms. The minimum Gasteiger partial charge on any atom is -0.331 e. The monoisotopic (exact) mass is 328 g/mol. The van der Waals surface area contributed by atoms with E-state index in [-0.39, 0.29) is 0 Å². The Hall–Kier alpha value is -0.330. The first kappa shape index (κ1) is 21.7. The summed E-state index contributed by atoms with van der Waals surface area (Å²) in [6.07, 6.45) is 2.13. The number of halogens is 3. The average Bonchev–Trinajstić information content (AvgIpc) is 2.49. The lowest BCUT2D eigenvalue weighted by molar-refractivity contribution is -0.396. The van der Waals surface area contributed by atoms with Crippen LogP contribution < -0.4 is 0 Å². The van der Waals surface area contributed by atoms with E-state index in [2.05, 4.69) is 6.92 Å². The fraction of sp³-hybridized carbons (Fsp3) is 1.00. The molecule has 22 heavy (non-hydrogen) atoms. The van der Waals surface area contributed by atoms with E-state index in [1.54, 1.807) is 0 Å². The lowest BCUT2D eigenvalue weighted by Crippen LogP contribution is -2.49. The van der Waals surface area contributed by atoms with Gasteiger partial charge in [0.1, 0.15) is 0 Å². The zero-order valence-corrected chi connectivity index (χ0v) is 14.5. The molecule has 134 valence electrons. The summed E-state index contributed by atoms with van der Waals surface area (Å²) >= 11 is 0. The Morgan fingerprint density at radius 3 is 1.68 bits per heavy atom. The molecule has 0 rings (SSSR count). The van der Waals surface area contributed by atoms with Crippen molar-refractivity contribution in [2.24, 2.45) is 11.8 Å². The van der Waals surface area contributed by atoms with Crippen molar-refractivity contribution in [3.8, 4) is 0 Å². The highest BCUT2D eigenvalue weighted by Crippen LogP contribution is 2.42. The molecule has 0 fully saturated rings. The van der Waals surface area contributed by atoms with Crippen LogP contribution in [0.1, 0.15) is 58.8 Å². The Balaban J connectivity index is 4.81. The normalized spacial score (nSPS) is 15.8. The maximum Gasteiger partial charge on any atom is 0.392 e. The van der Waals surface area contributed by atoms with Crippen molar-refractivity contribution in [2.45, 2.75) is 70.9 Å². The van der Waals surface area contributed by atoms with E-state index in [0.717, 1.165) is 32.6 Å². The third kappa shape index (κ3) is 6.42. The van der Waals surface area contributed by atoms with Crippen molar-refractivity contribution in [1.82, 2.24) is 0 Å². The van der Waals surface area contributed by atoms with Crippen molar-refractivity contribution in [3.05, 3.63) is 0 Å². The molecule has 0 radical (unpaired) electrons. The van der Waals surface area contributed by atoms with Gasteiger partial charge in [0.25, 0.3) is 5.97 Å². The van der Waals surface area contributed by atoms with Crippen LogP contribution in [0, 0.1) is 11.8 Å². The smallest absolute Gasteiger partial charge is 0.331 e. The molecule has 0 aromatic heterocycles. The molecular weight excluding hydrogens is 297 g/mol. The molecule has 2 atom stereocenters. The van der Waals surface area contributed by atoms with Gasteiger partial charge in [0, 0.05) is 21.3 Å². The summed E-state index contributed by atoms with van der Waals surface area (Å²) in [5.74, 6) is -4.13. The summed E-state index contributed by atoms with van der Waals surface area (Å²) < 4.78 is 54.9. The minimum atomic E-state index is -4.31. The van der Waals surface area contributed by atoms with Gasteiger partial charge in [-0.25, -0.2) is 0 Å². The van der Waals surface area contributed by atoms with Crippen molar-refractivity contribution in [3.63, 3.8) is 0 Å². The highest BCUT2D eigenvalue weighted by atomic mass is 19.4. The summed E-state index contributed by atoms with van der Waals surface area (Å²) in [6.45, 7) is 3.29. The number of hydrogen-bond donors (Lipinski definition) is 0. The number of alkyl halides is 3. The average molecular weight is 328 g/mol. The molecule has 0 aliphatic carbocycles. The van der Waals surface area contributed by atoms with Crippen LogP contribution in [0.3, 0.4) is 0 Å². The van der Waals surface area contributed by atoms with Gasteiger partial charge in [-0.1, -0.05) is 52.4 Å². The zero-order valence-electron chi connectivity index (χ0n) is 14.5. The number of rotatable bonds is 12. The van der Waals surface area contributed by atoms with Crippen molar-refractivity contribution < 1.29 is 27.4 Å². The maximum absolute atomic E-state index is 13.1. The van der Waals surface area contributed by atoms with E-state index >= 15 is 0 Å². The van der Waals surface area contributed by atoms with Gasteiger partial charge in [0.15, 0.2) is 0 Å². The van der Waals surface area contributed by atoms with Gasteiger partial charge in [-0.2, -0.15) is 13.2 Å². The van der Waals surface area contributed by atoms with Crippen LogP contribution in [0.2, 0.25) is 0 Å². The van der Waals surface area contributed by atoms with Crippen LogP contribution in [0.4, 0.5) is 13.2 Å². The van der Waals surface area contributed by atoms with Gasteiger partial charge in [-0.15, -0.1) is 0 Å². The van der Waals surface area contributed by atoms with Crippen LogP contribution in [-0.4, -0.2) is 33.5 Å². The molecular formula is C16H31F3O3. The summed E-state index contributed by atoms with van der Waals surface area (Å²) in [7, 11) is 3.93. The molecule has 3 nitrogen and oxygen atoms in total. The Bertz CT molecular complexity index is 270. The molecule has 0 spiro atoms. The van der Waals surface area contributed by atoms with E-state index in [9.17, 15) is 13.2 Å². The number of unbranched alkanes of at least 4 members (excludes halogenated alkanes) is 5. The number of ether oxygens (including phenoxy) is 3. The third-order valence-corrected chi connectivity index (χ3v) is 4.30. The van der Waals surface area contributed by atoms with E-state index in [1.165, 1.54) is 27.8 Å². The highest BCUT2D eigenvalue weighted by molar-refractivity contribution is 4.80. The van der Waals surface area contributed by atoms with Crippen LogP contribution in [-0.2, 0) is 14.2 Å². The zero-order chi connectivity index (χ0) is 17.2. The third-order valence-electron chi connectivity index (χ3n) is 4.30. The molecule has 0 amide bonds. The Labute approximate surface area is 132 Å². The quantitative estimate of drug-likeness (QED) is 0.366. The molecule has 0 saturated carbocycles. The van der Waals surface area contributed by atoms with Crippen LogP contribution in [0.5, 0.6) is 0 Å². The van der Waals surface area contributed by atoms with E-state index in [4.69, 9.17) is 14.2 Å². The van der Waals surface area contributed by atoms with Crippen molar-refractivity contribution >= 4 is 0 Å². The summed E-state index contributed by atoms with van der Waals surface area (Å²) in [5, 5.41) is 0. The van der Waals surface area contributed by atoms with Crippen LogP contribution >= 0.6 is 0 Å². The van der Waals surface area contributed by atoms with Gasteiger partial charge in [0.05, 0.1) is 11.8 Å². The van der Waals surface area contributed by atoms with Crippen molar-refractivity contribution in [2.75, 3.05) is 21.3 Å². The first-order chi connectivity index (χ1) is 10.3. The maximum atomic E-state index is 13.1. The second-order valence-electron chi connectivity index (χ2n) is 5.71. The van der Waals surface area contributed by atoms with Gasteiger partial charge in [0.2, 0.25) is 0 Å². The summed E-state index contributed by atoms with van der Waals surface area (Å²) in [5.41, 5.74) is 0. The Kier molecular flexibility index (Phi) is 10.3. The molecule has 0 aromatic rings. The molecule has 0 aliphatic heterocycles. The molecule has 0 heterocycles. The fourth-order valence-electron chi connectivity index (χ4n) is 2.81. The minimum absolute atomic E-state index is 0.350. The number of hydrogen-bond acceptors (Lipinski definition) is 3. The first-order valence-corrected chi connectivity index (χ1v) is 8.01. The second kappa shape index (κ2) is 10.4. The highest BCUT2D eigenvalue weighted by Gasteiger charge is 2.51. The lowest BCUT2D eigenvalue weighted by atomic mass is 9.85. The molecule has 0 aliphatic rings. The predicted octanol–water partition coefficient (Wildman–Crippen LogP) is 5.14. The van der Waals surface area contributed by atoms with Crippen LogP contribution in [0.25, 0.3) is 0 Å². The Morgan fingerprint density at radius 1 is 0.818 bits per heavy atom. The van der Waals surface area contributed by atoms with E-state index < -0.39 is 24.0 Å². The molecule has 6 heteroatoms. The molecule has 0 aromatic carbocycles. The first-order valence-electron chi connectivity index (χ1n) is 8.01. The Morgan fingerprint density at radius 2 is 1.27 bits per heavy atom. The lowest BCUT2D eigenvalue weighted by Gasteiger charge is -2.40. The van der Waals surface area contributed by atoms with Crippen LogP contribution in [0.15, 0.2) is 0 Å². The fourth-order valence-corrected chi connectivity index (χ4v) is 2.81. The van der Waals surface area contributed by atoms with E-state index in [1.807, 2.05) is 0 Å². The second-order valence-corrected chi connectivity index (χ2v) is 5.71. The van der Waals surface area contributed by atoms with Gasteiger partial charge in [-0.05, 0) is 6.42 Å².